The SMILES string of the molecule is C[C@H]1OC(=O)[C@H]1[C@@H]1N=C(C(=O)O)C(S[C@@H]2CN[C@H](C(=O)Nc3cccc(C(=O)O)c3)C2)[C@@H]1C. The van der Waals surface area contributed by atoms with E-state index in [2.05, 4.69) is 15.6 Å². The largest absolute Gasteiger partial charge is 0.478 e. The fourth-order valence-corrected chi connectivity index (χ4v) is 6.21. The molecule has 33 heavy (non-hydrogen) atoms. The molecule has 1 aromatic rings. The predicted molar refractivity (Wildman–Crippen MR) is 121 cm³/mol. The Labute approximate surface area is 194 Å². The van der Waals surface area contributed by atoms with Gasteiger partial charge in [0.2, 0.25) is 5.91 Å². The van der Waals surface area contributed by atoms with Gasteiger partial charge in [-0.2, -0.15) is 0 Å². The number of carbonyl (C=O) groups excluding carboxylic acids is 2. The summed E-state index contributed by atoms with van der Waals surface area (Å²) < 4.78 is 5.04. The number of rotatable bonds is 7. The highest BCUT2D eigenvalue weighted by Gasteiger charge is 2.53. The molecule has 0 bridgehead atoms. The fraction of sp³-hybridized carbons (Fsp3) is 0.500. The van der Waals surface area contributed by atoms with Crippen LogP contribution in [0.5, 0.6) is 0 Å². The Morgan fingerprint density at radius 2 is 1.97 bits per heavy atom. The van der Waals surface area contributed by atoms with Crippen molar-refractivity contribution in [3.63, 3.8) is 0 Å². The summed E-state index contributed by atoms with van der Waals surface area (Å²) in [6, 6.07) is 5.09. The lowest BCUT2D eigenvalue weighted by Gasteiger charge is -2.37. The molecule has 1 unspecified atom stereocenters. The van der Waals surface area contributed by atoms with Gasteiger partial charge in [0.1, 0.15) is 17.7 Å². The number of aliphatic carboxylic acids is 1. The van der Waals surface area contributed by atoms with Gasteiger partial charge in [0.05, 0.1) is 22.9 Å². The number of ether oxygens (including phenoxy) is 1. The van der Waals surface area contributed by atoms with Gasteiger partial charge >= 0.3 is 17.9 Å². The molecule has 7 atom stereocenters. The molecule has 11 heteroatoms. The van der Waals surface area contributed by atoms with Crippen LogP contribution in [0.3, 0.4) is 0 Å². The normalized spacial score (nSPS) is 33.1. The number of amides is 1. The van der Waals surface area contributed by atoms with Crippen LogP contribution in [0.4, 0.5) is 5.69 Å². The van der Waals surface area contributed by atoms with E-state index in [1.807, 2.05) is 6.92 Å². The number of thioether (sulfide) groups is 1. The Kier molecular flexibility index (Phi) is 6.44. The van der Waals surface area contributed by atoms with Crippen LogP contribution in [0.15, 0.2) is 29.3 Å². The van der Waals surface area contributed by atoms with E-state index in [1.165, 1.54) is 23.9 Å². The maximum absolute atomic E-state index is 12.7. The van der Waals surface area contributed by atoms with Crippen LogP contribution in [0, 0.1) is 11.8 Å². The van der Waals surface area contributed by atoms with Gasteiger partial charge in [-0.3, -0.25) is 14.6 Å². The lowest BCUT2D eigenvalue weighted by atomic mass is 9.83. The van der Waals surface area contributed by atoms with E-state index in [1.54, 1.807) is 19.1 Å². The van der Waals surface area contributed by atoms with Crippen LogP contribution in [0.25, 0.3) is 0 Å². The Morgan fingerprint density at radius 1 is 1.21 bits per heavy atom. The van der Waals surface area contributed by atoms with E-state index in [9.17, 15) is 24.3 Å². The van der Waals surface area contributed by atoms with E-state index < -0.39 is 35.2 Å². The average Bonchev–Trinajstić information content (AvgIpc) is 3.34. The summed E-state index contributed by atoms with van der Waals surface area (Å²) in [5.74, 6) is -3.39. The smallest absolute Gasteiger partial charge is 0.350 e. The molecule has 10 nitrogen and oxygen atoms in total. The molecule has 0 aromatic heterocycles. The van der Waals surface area contributed by atoms with Crippen LogP contribution in [0.1, 0.15) is 30.6 Å². The summed E-state index contributed by atoms with van der Waals surface area (Å²) in [6.45, 7) is 4.20. The first kappa shape index (κ1) is 23.2. The molecular weight excluding hydrogens is 450 g/mol. The summed E-state index contributed by atoms with van der Waals surface area (Å²) in [5, 5.41) is 24.3. The molecule has 0 spiro atoms. The lowest BCUT2D eigenvalue weighted by molar-refractivity contribution is -0.184. The highest BCUT2D eigenvalue weighted by Crippen LogP contribution is 2.42. The van der Waals surface area contributed by atoms with Crippen molar-refractivity contribution in [2.24, 2.45) is 16.8 Å². The van der Waals surface area contributed by atoms with Crippen molar-refractivity contribution in [2.45, 2.75) is 49.0 Å². The van der Waals surface area contributed by atoms with Crippen LogP contribution in [-0.2, 0) is 19.1 Å². The second-order valence-corrected chi connectivity index (χ2v) is 10.0. The number of carboxylic acids is 2. The number of carbonyl (C=O) groups is 4. The summed E-state index contributed by atoms with van der Waals surface area (Å²) in [7, 11) is 0. The van der Waals surface area contributed by atoms with Gasteiger partial charge in [-0.1, -0.05) is 13.0 Å². The van der Waals surface area contributed by atoms with Gasteiger partial charge in [-0.15, -0.1) is 11.8 Å². The number of esters is 1. The zero-order valence-electron chi connectivity index (χ0n) is 18.1. The maximum atomic E-state index is 12.7. The monoisotopic (exact) mass is 475 g/mol. The van der Waals surface area contributed by atoms with Crippen LogP contribution < -0.4 is 10.6 Å². The molecule has 0 aliphatic carbocycles. The fourth-order valence-electron chi connectivity index (χ4n) is 4.60. The summed E-state index contributed by atoms with van der Waals surface area (Å²) in [5.41, 5.74) is 0.533. The maximum Gasteiger partial charge on any atom is 0.350 e. The molecule has 4 N–H and O–H groups in total. The lowest BCUT2D eigenvalue weighted by Crippen LogP contribution is -2.51. The van der Waals surface area contributed by atoms with E-state index in [0.717, 1.165) is 0 Å². The molecule has 1 amide bonds. The van der Waals surface area contributed by atoms with Gasteiger partial charge in [0, 0.05) is 17.5 Å². The van der Waals surface area contributed by atoms with Crippen LogP contribution in [-0.4, -0.2) is 75.0 Å². The highest BCUT2D eigenvalue weighted by molar-refractivity contribution is 8.01. The third kappa shape index (κ3) is 4.60. The second-order valence-electron chi connectivity index (χ2n) is 8.59. The molecule has 4 rings (SSSR count). The number of carboxylic acid groups (broad SMARTS) is 2. The number of hydrogen-bond donors (Lipinski definition) is 4. The molecule has 0 radical (unpaired) electrons. The zero-order valence-corrected chi connectivity index (χ0v) is 18.9. The van der Waals surface area contributed by atoms with Crippen molar-refractivity contribution < 1.29 is 34.1 Å². The summed E-state index contributed by atoms with van der Waals surface area (Å²) in [6.07, 6.45) is 0.200. The molecule has 2 fully saturated rings. The Balaban J connectivity index is 1.38. The minimum atomic E-state index is -1.10. The molecule has 3 aliphatic heterocycles. The second kappa shape index (κ2) is 9.14. The first-order valence-electron chi connectivity index (χ1n) is 10.7. The number of anilines is 1. The number of hydrogen-bond acceptors (Lipinski definition) is 8. The molecule has 1 aromatic carbocycles. The Morgan fingerprint density at radius 3 is 2.61 bits per heavy atom. The third-order valence-corrected chi connectivity index (χ3v) is 8.05. The predicted octanol–water partition coefficient (Wildman–Crippen LogP) is 1.26. The van der Waals surface area contributed by atoms with Crippen molar-refractivity contribution >= 4 is 47.0 Å². The quantitative estimate of drug-likeness (QED) is 0.427. The molecular formula is C22H25N3O7S. The first-order chi connectivity index (χ1) is 15.7. The van der Waals surface area contributed by atoms with Gasteiger partial charge in [0.25, 0.3) is 0 Å². The van der Waals surface area contributed by atoms with Crippen LogP contribution >= 0.6 is 11.8 Å². The molecule has 3 aliphatic rings. The number of nitrogens with zero attached hydrogens (tertiary/aromatic N) is 1. The van der Waals surface area contributed by atoms with Crippen molar-refractivity contribution in [1.29, 1.82) is 0 Å². The molecule has 0 saturated carbocycles. The number of benzene rings is 1. The number of cyclic esters (lactones) is 1. The molecule has 176 valence electrons. The molecule has 2 saturated heterocycles. The Bertz CT molecular complexity index is 1030. The Hall–Kier alpha value is -2.92. The van der Waals surface area contributed by atoms with E-state index in [4.69, 9.17) is 9.84 Å². The van der Waals surface area contributed by atoms with Crippen molar-refractivity contribution in [2.75, 3.05) is 11.9 Å². The van der Waals surface area contributed by atoms with Crippen LogP contribution in [0.2, 0.25) is 0 Å². The third-order valence-electron chi connectivity index (χ3n) is 6.36. The average molecular weight is 476 g/mol. The van der Waals surface area contributed by atoms with Crippen molar-refractivity contribution in [1.82, 2.24) is 5.32 Å². The van der Waals surface area contributed by atoms with Gasteiger partial charge in [0.15, 0.2) is 0 Å². The highest BCUT2D eigenvalue weighted by atomic mass is 32.2. The summed E-state index contributed by atoms with van der Waals surface area (Å²) in [4.78, 5) is 51.9. The number of nitrogens with one attached hydrogen (secondary N) is 2. The zero-order chi connectivity index (χ0) is 23.9. The van der Waals surface area contributed by atoms with Gasteiger partial charge in [-0.05, 0) is 37.5 Å². The van der Waals surface area contributed by atoms with E-state index >= 15 is 0 Å². The van der Waals surface area contributed by atoms with Gasteiger partial charge < -0.3 is 25.6 Å². The van der Waals surface area contributed by atoms with Crippen molar-refractivity contribution in [3.05, 3.63) is 29.8 Å². The molecule has 3 heterocycles. The minimum Gasteiger partial charge on any atom is -0.478 e. The summed E-state index contributed by atoms with van der Waals surface area (Å²) >= 11 is 1.47. The van der Waals surface area contributed by atoms with Gasteiger partial charge in [-0.25, -0.2) is 9.59 Å². The van der Waals surface area contributed by atoms with E-state index in [0.29, 0.717) is 18.7 Å². The number of aliphatic imine (C=N–C) groups is 1. The van der Waals surface area contributed by atoms with Crippen molar-refractivity contribution in [3.8, 4) is 0 Å². The van der Waals surface area contributed by atoms with E-state index in [-0.39, 0.29) is 40.4 Å². The first-order valence-corrected chi connectivity index (χ1v) is 11.6. The number of aromatic carboxylic acids is 1. The standard InChI is InChI=1S/C22H25N3O7S/c1-9-16(15-10(2)32-22(15)31)25-17(21(29)30)18(9)33-13-7-14(23-8-13)19(26)24-12-5-3-4-11(6-12)20(27)28/h3-6,9-10,13-16,18,23H,7-8H2,1-2H3,(H,24,26)(H,27,28)(H,29,30)/t9-,10-,13+,14+,15-,16-,18?/m1/s1. The minimum absolute atomic E-state index is 0.0207. The topological polar surface area (TPSA) is 154 Å².